The number of nitrogens with zero attached hydrogens (tertiary/aromatic N) is 2. The van der Waals surface area contributed by atoms with Crippen LogP contribution in [0.3, 0.4) is 0 Å². The third-order valence-electron chi connectivity index (χ3n) is 5.69. The van der Waals surface area contributed by atoms with Gasteiger partial charge in [-0.2, -0.15) is 8.42 Å². The minimum atomic E-state index is -4.55. The lowest BCUT2D eigenvalue weighted by Crippen LogP contribution is -2.15. The third kappa shape index (κ3) is 2.38. The number of para-hydroxylation sites is 2. The Morgan fingerprint density at radius 2 is 1.27 bits per heavy atom. The second-order valence-corrected chi connectivity index (χ2v) is 8.70. The Balaban J connectivity index is 2.10. The lowest BCUT2D eigenvalue weighted by atomic mass is 10.0. The highest BCUT2D eigenvalue weighted by Crippen LogP contribution is 2.27. The molecule has 0 aliphatic rings. The van der Waals surface area contributed by atoms with Gasteiger partial charge in [-0.3, -0.25) is 14.1 Å². The van der Waals surface area contributed by atoms with Crippen LogP contribution in [0.2, 0.25) is 0 Å². The molecule has 5 aromatic rings. The Hall–Kier alpha value is -3.49. The van der Waals surface area contributed by atoms with E-state index in [-0.39, 0.29) is 26.7 Å². The molecular formula is C22H16N2O5S. The molecule has 0 amide bonds. The predicted molar refractivity (Wildman–Crippen MR) is 117 cm³/mol. The summed E-state index contributed by atoms with van der Waals surface area (Å²) in [5, 5.41) is 1.50. The molecule has 150 valence electrons. The molecule has 0 unspecified atom stereocenters. The molecule has 0 fully saturated rings. The van der Waals surface area contributed by atoms with Crippen LogP contribution in [-0.2, 0) is 24.2 Å². The van der Waals surface area contributed by atoms with Crippen molar-refractivity contribution in [1.29, 1.82) is 0 Å². The van der Waals surface area contributed by atoms with Crippen molar-refractivity contribution in [2.24, 2.45) is 14.1 Å². The average molecular weight is 420 g/mol. The van der Waals surface area contributed by atoms with Crippen molar-refractivity contribution in [1.82, 2.24) is 9.13 Å². The first kappa shape index (κ1) is 18.5. The summed E-state index contributed by atoms with van der Waals surface area (Å²) in [6, 6.07) is 14.7. The largest absolute Gasteiger partial charge is 0.343 e. The quantitative estimate of drug-likeness (QED) is 0.332. The Morgan fingerprint density at radius 3 is 1.93 bits per heavy atom. The molecule has 0 spiro atoms. The number of hydrogen-bond donors (Lipinski definition) is 1. The predicted octanol–water partition coefficient (Wildman–Crippen LogP) is 2.94. The minimum absolute atomic E-state index is 0.0921. The molecule has 2 heterocycles. The number of hydrogen-bond acceptors (Lipinski definition) is 4. The maximum absolute atomic E-state index is 13.2. The lowest BCUT2D eigenvalue weighted by Gasteiger charge is -2.15. The van der Waals surface area contributed by atoms with E-state index in [4.69, 9.17) is 0 Å². The number of benzene rings is 3. The summed E-state index contributed by atoms with van der Waals surface area (Å²) in [4.78, 5) is 26.0. The van der Waals surface area contributed by atoms with Crippen LogP contribution in [0, 0.1) is 0 Å². The molecule has 0 aliphatic carbocycles. The molecule has 5 rings (SSSR count). The SMILES string of the molecule is Cn1c2ccccc2c(=O)c2cc3c(cc21)c(=O)c1cccc(S(=O)(=O)O)c1n3C. The molecule has 0 saturated carbocycles. The van der Waals surface area contributed by atoms with Gasteiger partial charge in [0.25, 0.3) is 10.1 Å². The molecule has 1 N–H and O–H groups in total. The van der Waals surface area contributed by atoms with Crippen LogP contribution >= 0.6 is 0 Å². The summed E-state index contributed by atoms with van der Waals surface area (Å²) >= 11 is 0. The van der Waals surface area contributed by atoms with E-state index < -0.39 is 10.1 Å². The molecule has 7 nitrogen and oxygen atoms in total. The Labute approximate surface area is 170 Å². The van der Waals surface area contributed by atoms with Gasteiger partial charge in [-0.05, 0) is 36.4 Å². The van der Waals surface area contributed by atoms with Crippen molar-refractivity contribution in [2.45, 2.75) is 4.90 Å². The Morgan fingerprint density at radius 1 is 0.700 bits per heavy atom. The first-order valence-corrected chi connectivity index (χ1v) is 10.6. The summed E-state index contributed by atoms with van der Waals surface area (Å²) in [5.74, 6) is 0. The van der Waals surface area contributed by atoms with Crippen LogP contribution in [-0.4, -0.2) is 22.1 Å². The van der Waals surface area contributed by atoms with E-state index in [0.717, 1.165) is 5.52 Å². The summed E-state index contributed by atoms with van der Waals surface area (Å²) in [6.45, 7) is 0. The van der Waals surface area contributed by atoms with Crippen molar-refractivity contribution in [3.8, 4) is 0 Å². The van der Waals surface area contributed by atoms with Crippen LogP contribution in [0.5, 0.6) is 0 Å². The van der Waals surface area contributed by atoms with E-state index in [1.807, 2.05) is 23.7 Å². The number of aromatic nitrogens is 2. The summed E-state index contributed by atoms with van der Waals surface area (Å²) < 4.78 is 36.8. The highest BCUT2D eigenvalue weighted by molar-refractivity contribution is 7.86. The summed E-state index contributed by atoms with van der Waals surface area (Å²) in [5.41, 5.74) is 1.31. The lowest BCUT2D eigenvalue weighted by molar-refractivity contribution is 0.484. The molecule has 0 atom stereocenters. The summed E-state index contributed by atoms with van der Waals surface area (Å²) in [6.07, 6.45) is 0. The van der Waals surface area contributed by atoms with E-state index in [1.165, 1.54) is 22.8 Å². The van der Waals surface area contributed by atoms with E-state index >= 15 is 0 Å². The van der Waals surface area contributed by atoms with E-state index in [2.05, 4.69) is 0 Å². The van der Waals surface area contributed by atoms with Gasteiger partial charge < -0.3 is 9.13 Å². The molecular weight excluding hydrogens is 404 g/mol. The van der Waals surface area contributed by atoms with Gasteiger partial charge in [0.15, 0.2) is 10.9 Å². The van der Waals surface area contributed by atoms with Crippen molar-refractivity contribution in [2.75, 3.05) is 0 Å². The van der Waals surface area contributed by atoms with E-state index in [0.29, 0.717) is 27.2 Å². The molecule has 3 aromatic carbocycles. The highest BCUT2D eigenvalue weighted by atomic mass is 32.2. The topological polar surface area (TPSA) is 98.4 Å². The fourth-order valence-electron chi connectivity index (χ4n) is 4.25. The minimum Gasteiger partial charge on any atom is -0.343 e. The van der Waals surface area contributed by atoms with Gasteiger partial charge in [-0.25, -0.2) is 0 Å². The maximum atomic E-state index is 13.2. The van der Waals surface area contributed by atoms with Gasteiger partial charge in [-0.15, -0.1) is 0 Å². The normalized spacial score (nSPS) is 12.4. The van der Waals surface area contributed by atoms with Gasteiger partial charge in [0.2, 0.25) is 0 Å². The molecule has 30 heavy (non-hydrogen) atoms. The van der Waals surface area contributed by atoms with Crippen LogP contribution in [0.1, 0.15) is 0 Å². The van der Waals surface area contributed by atoms with Crippen molar-refractivity contribution in [3.05, 3.63) is 75.0 Å². The van der Waals surface area contributed by atoms with Gasteiger partial charge >= 0.3 is 0 Å². The monoisotopic (exact) mass is 420 g/mol. The van der Waals surface area contributed by atoms with Gasteiger partial charge in [-0.1, -0.05) is 18.2 Å². The average Bonchev–Trinajstić information content (AvgIpc) is 2.74. The zero-order valence-electron chi connectivity index (χ0n) is 16.1. The molecule has 0 bridgehead atoms. The summed E-state index contributed by atoms with van der Waals surface area (Å²) in [7, 11) is -1.11. The third-order valence-corrected chi connectivity index (χ3v) is 6.58. The van der Waals surface area contributed by atoms with E-state index in [9.17, 15) is 22.6 Å². The van der Waals surface area contributed by atoms with Crippen LogP contribution < -0.4 is 10.9 Å². The van der Waals surface area contributed by atoms with Crippen molar-refractivity contribution >= 4 is 53.7 Å². The molecule has 0 saturated heterocycles. The second kappa shape index (κ2) is 6.01. The first-order chi connectivity index (χ1) is 14.2. The maximum Gasteiger partial charge on any atom is 0.296 e. The van der Waals surface area contributed by atoms with Gasteiger partial charge in [0, 0.05) is 35.6 Å². The molecule has 0 aliphatic heterocycles. The number of pyridine rings is 2. The van der Waals surface area contributed by atoms with Crippen LogP contribution in [0.4, 0.5) is 0 Å². The number of fused-ring (bicyclic) bond motifs is 4. The smallest absolute Gasteiger partial charge is 0.296 e. The van der Waals surface area contributed by atoms with Crippen molar-refractivity contribution in [3.63, 3.8) is 0 Å². The van der Waals surface area contributed by atoms with Crippen LogP contribution in [0.15, 0.2) is 69.1 Å². The zero-order valence-corrected chi connectivity index (χ0v) is 16.9. The number of aryl methyl sites for hydroxylation is 2. The highest BCUT2D eigenvalue weighted by Gasteiger charge is 2.20. The van der Waals surface area contributed by atoms with Gasteiger partial charge in [0.05, 0.1) is 22.1 Å². The van der Waals surface area contributed by atoms with Crippen molar-refractivity contribution < 1.29 is 13.0 Å². The first-order valence-electron chi connectivity index (χ1n) is 9.14. The number of rotatable bonds is 1. The fourth-order valence-corrected chi connectivity index (χ4v) is 5.00. The molecule has 2 aromatic heterocycles. The van der Waals surface area contributed by atoms with E-state index in [1.54, 1.807) is 31.3 Å². The Bertz CT molecular complexity index is 1780. The van der Waals surface area contributed by atoms with Crippen LogP contribution in [0.25, 0.3) is 43.6 Å². The zero-order chi connectivity index (χ0) is 21.4. The standard InChI is InChI=1S/C22H16N2O5S/c1-23-16-8-4-3-6-12(16)21(25)14-11-18-15(10-17(14)23)22(26)13-7-5-9-19(30(27,28)29)20(13)24(18)2/h3-11H,1-2H3,(H,27,28,29). The van der Waals surface area contributed by atoms with Gasteiger partial charge in [0.1, 0.15) is 4.90 Å². The second-order valence-electron chi connectivity index (χ2n) is 7.31. The fraction of sp³-hybridized carbons (Fsp3) is 0.0909. The Kier molecular flexibility index (Phi) is 3.71. The molecule has 0 radical (unpaired) electrons. The molecule has 8 heteroatoms.